The summed E-state index contributed by atoms with van der Waals surface area (Å²) < 4.78 is 43.9. The van der Waals surface area contributed by atoms with E-state index in [1.54, 1.807) is 6.07 Å². The molecule has 5 aromatic carbocycles. The Balaban J connectivity index is 1.39. The molecule has 0 spiro atoms. The predicted molar refractivity (Wildman–Crippen MR) is 175 cm³/mol. The quantitative estimate of drug-likeness (QED) is 0.119. The average Bonchev–Trinajstić information content (AvgIpc) is 3.11. The molecule has 0 saturated carbocycles. The number of benzene rings is 5. The van der Waals surface area contributed by atoms with E-state index in [1.165, 1.54) is 97.1 Å². The average molecular weight is 679 g/mol. The second-order valence-electron chi connectivity index (χ2n) is 10.9. The monoisotopic (exact) mass is 678 g/mol. The number of carbonyl (C=O) groups is 5. The van der Waals surface area contributed by atoms with Crippen LogP contribution in [0.2, 0.25) is 0 Å². The lowest BCUT2D eigenvalue weighted by Crippen LogP contribution is -2.28. The van der Waals surface area contributed by atoms with Crippen LogP contribution in [0.3, 0.4) is 0 Å². The number of carbonyl (C=O) groups excluding carboxylic acids is 5. The van der Waals surface area contributed by atoms with Gasteiger partial charge in [-0.1, -0.05) is 42.5 Å². The fourth-order valence-electron chi connectivity index (χ4n) is 5.34. The van der Waals surface area contributed by atoms with E-state index in [0.717, 1.165) is 0 Å². The highest BCUT2D eigenvalue weighted by molar-refractivity contribution is 6.32. The Kier molecular flexibility index (Phi) is 8.51. The van der Waals surface area contributed by atoms with Crippen LogP contribution in [-0.2, 0) is 6.18 Å². The number of halogens is 3. The van der Waals surface area contributed by atoms with Gasteiger partial charge in [0.15, 0.2) is 11.6 Å². The highest BCUT2D eigenvalue weighted by Gasteiger charge is 2.42. The predicted octanol–water partition coefficient (Wildman–Crippen LogP) is 7.15. The minimum absolute atomic E-state index is 0.0223. The molecule has 0 atom stereocenters. The van der Waals surface area contributed by atoms with Gasteiger partial charge >= 0.3 is 6.18 Å². The van der Waals surface area contributed by atoms with Crippen LogP contribution in [0.15, 0.2) is 109 Å². The Morgan fingerprint density at radius 2 is 1.06 bits per heavy atom. The molecule has 6 rings (SSSR count). The van der Waals surface area contributed by atoms with Crippen molar-refractivity contribution in [2.75, 3.05) is 16.0 Å². The zero-order valence-electron chi connectivity index (χ0n) is 25.3. The number of anilines is 3. The van der Waals surface area contributed by atoms with Crippen LogP contribution in [0.1, 0.15) is 68.5 Å². The van der Waals surface area contributed by atoms with Gasteiger partial charge in [-0.05, 0) is 54.6 Å². The first kappa shape index (κ1) is 33.0. The lowest BCUT2D eigenvalue weighted by molar-refractivity contribution is -0.384. The molecule has 0 heterocycles. The summed E-state index contributed by atoms with van der Waals surface area (Å²) in [6.45, 7) is 0. The van der Waals surface area contributed by atoms with Crippen molar-refractivity contribution in [1.82, 2.24) is 0 Å². The second kappa shape index (κ2) is 12.9. The van der Waals surface area contributed by atoms with Crippen molar-refractivity contribution < 1.29 is 42.1 Å². The fourth-order valence-corrected chi connectivity index (χ4v) is 5.34. The Morgan fingerprint density at radius 3 is 1.60 bits per heavy atom. The Hall–Kier alpha value is -6.96. The number of nitro groups is 1. The molecule has 0 radical (unpaired) electrons. The normalized spacial score (nSPS) is 12.0. The maximum Gasteiger partial charge on any atom is 0.418 e. The van der Waals surface area contributed by atoms with Gasteiger partial charge in [0.25, 0.3) is 23.4 Å². The van der Waals surface area contributed by atoms with Crippen molar-refractivity contribution in [2.24, 2.45) is 0 Å². The molecule has 3 N–H and O–H groups in total. The number of nitro benzene ring substituents is 1. The zero-order chi connectivity index (χ0) is 35.7. The Bertz CT molecular complexity index is 2240. The number of alkyl halides is 3. The van der Waals surface area contributed by atoms with E-state index in [1.807, 2.05) is 0 Å². The molecule has 11 nitrogen and oxygen atoms in total. The molecular formula is C36H21F3N4O7. The molecule has 0 aromatic heterocycles. The lowest BCUT2D eigenvalue weighted by atomic mass is 9.81. The summed E-state index contributed by atoms with van der Waals surface area (Å²) >= 11 is 0. The van der Waals surface area contributed by atoms with E-state index in [2.05, 4.69) is 16.0 Å². The minimum atomic E-state index is -5.16. The molecule has 248 valence electrons. The number of non-ortho nitro benzene ring substituents is 1. The molecule has 0 fully saturated rings. The number of rotatable bonds is 7. The summed E-state index contributed by atoms with van der Waals surface area (Å²) in [7, 11) is 0. The fraction of sp³-hybridized carbons (Fsp3) is 0.0278. The van der Waals surface area contributed by atoms with E-state index >= 15 is 0 Å². The SMILES string of the molecule is O=C(Nc1ccc([N+](=O)[O-])cc1)c1ccc(C(=O)Nc2c(NC(=O)c3ccccc3)c(C(F)(F)F)cc3c2C(=O)c2ccccc2C3=O)cc1. The van der Waals surface area contributed by atoms with Gasteiger partial charge in [0.05, 0.1) is 27.4 Å². The van der Waals surface area contributed by atoms with E-state index in [-0.39, 0.29) is 39.2 Å². The third-order valence-corrected chi connectivity index (χ3v) is 7.78. The smallest absolute Gasteiger partial charge is 0.322 e. The van der Waals surface area contributed by atoms with Crippen LogP contribution >= 0.6 is 0 Å². The largest absolute Gasteiger partial charge is 0.418 e. The number of nitrogens with one attached hydrogen (secondary N) is 3. The number of amides is 3. The third kappa shape index (κ3) is 6.32. The zero-order valence-corrected chi connectivity index (χ0v) is 25.3. The van der Waals surface area contributed by atoms with Crippen LogP contribution in [0.4, 0.5) is 35.9 Å². The van der Waals surface area contributed by atoms with Gasteiger partial charge in [-0.3, -0.25) is 34.1 Å². The summed E-state index contributed by atoms with van der Waals surface area (Å²) in [5, 5.41) is 17.9. The van der Waals surface area contributed by atoms with E-state index in [0.29, 0.717) is 6.07 Å². The topological polar surface area (TPSA) is 165 Å². The molecule has 3 amide bonds. The van der Waals surface area contributed by atoms with Crippen LogP contribution in [0, 0.1) is 10.1 Å². The van der Waals surface area contributed by atoms with Gasteiger partial charge in [0.2, 0.25) is 0 Å². The van der Waals surface area contributed by atoms with Crippen molar-refractivity contribution >= 4 is 52.0 Å². The molecule has 14 heteroatoms. The number of hydrogen-bond donors (Lipinski definition) is 3. The molecule has 1 aliphatic carbocycles. The molecule has 0 unspecified atom stereocenters. The molecular weight excluding hydrogens is 657 g/mol. The van der Waals surface area contributed by atoms with E-state index < -0.39 is 68.5 Å². The van der Waals surface area contributed by atoms with Crippen molar-refractivity contribution in [3.8, 4) is 0 Å². The maximum absolute atomic E-state index is 14.6. The summed E-state index contributed by atoms with van der Waals surface area (Å²) in [6, 6.07) is 23.2. The Morgan fingerprint density at radius 1 is 0.580 bits per heavy atom. The molecule has 5 aromatic rings. The van der Waals surface area contributed by atoms with Crippen LogP contribution in [0.5, 0.6) is 0 Å². The van der Waals surface area contributed by atoms with Gasteiger partial charge in [-0.25, -0.2) is 0 Å². The first-order chi connectivity index (χ1) is 23.8. The molecule has 0 saturated heterocycles. The molecule has 50 heavy (non-hydrogen) atoms. The van der Waals surface area contributed by atoms with Crippen LogP contribution < -0.4 is 16.0 Å². The first-order valence-corrected chi connectivity index (χ1v) is 14.6. The number of fused-ring (bicyclic) bond motifs is 2. The highest BCUT2D eigenvalue weighted by atomic mass is 19.4. The van der Waals surface area contributed by atoms with Gasteiger partial charge in [-0.2, -0.15) is 13.2 Å². The number of ketones is 2. The third-order valence-electron chi connectivity index (χ3n) is 7.78. The van der Waals surface area contributed by atoms with Crippen LogP contribution in [0.25, 0.3) is 0 Å². The van der Waals surface area contributed by atoms with Gasteiger partial charge in [0.1, 0.15) is 0 Å². The Labute approximate surface area is 279 Å². The second-order valence-corrected chi connectivity index (χ2v) is 10.9. The van der Waals surface area contributed by atoms with Crippen molar-refractivity contribution in [3.63, 3.8) is 0 Å². The summed E-state index contributed by atoms with van der Waals surface area (Å²) in [5.41, 5.74) is -4.60. The van der Waals surface area contributed by atoms with Gasteiger partial charge < -0.3 is 16.0 Å². The van der Waals surface area contributed by atoms with Crippen molar-refractivity contribution in [1.29, 1.82) is 0 Å². The van der Waals surface area contributed by atoms with Crippen LogP contribution in [-0.4, -0.2) is 34.2 Å². The number of hydrogen-bond acceptors (Lipinski definition) is 7. The summed E-state index contributed by atoms with van der Waals surface area (Å²) in [5.74, 6) is -4.38. The molecule has 0 bridgehead atoms. The standard InChI is InChI=1S/C36H21F3N4O7/c37-36(38,39)27-18-26-28(32(45)25-9-5-4-8-24(25)31(26)44)30(29(27)41-34(47)19-6-2-1-3-7-19)42-35(48)21-12-10-20(11-13-21)33(46)40-22-14-16-23(17-15-22)43(49)50/h1-18H,(H,40,46)(H,41,47)(H,42,48). The number of nitrogens with zero attached hydrogens (tertiary/aromatic N) is 1. The molecule has 1 aliphatic rings. The maximum atomic E-state index is 14.6. The highest BCUT2D eigenvalue weighted by Crippen LogP contribution is 2.45. The van der Waals surface area contributed by atoms with Gasteiger partial charge in [-0.15, -0.1) is 0 Å². The summed E-state index contributed by atoms with van der Waals surface area (Å²) in [4.78, 5) is 77.1. The molecule has 0 aliphatic heterocycles. The minimum Gasteiger partial charge on any atom is -0.322 e. The first-order valence-electron chi connectivity index (χ1n) is 14.6. The van der Waals surface area contributed by atoms with Crippen molar-refractivity contribution in [2.45, 2.75) is 6.18 Å². The van der Waals surface area contributed by atoms with Gasteiger partial charge in [0, 0.05) is 51.2 Å². The van der Waals surface area contributed by atoms with Crippen molar-refractivity contribution in [3.05, 3.63) is 164 Å². The summed E-state index contributed by atoms with van der Waals surface area (Å²) in [6.07, 6.45) is -5.16. The lowest BCUT2D eigenvalue weighted by Gasteiger charge is -2.26. The van der Waals surface area contributed by atoms with E-state index in [9.17, 15) is 47.3 Å². The van der Waals surface area contributed by atoms with E-state index in [4.69, 9.17) is 0 Å².